The quantitative estimate of drug-likeness (QED) is 0.509. The van der Waals surface area contributed by atoms with Gasteiger partial charge < -0.3 is 5.32 Å². The number of aryl methyl sites for hydroxylation is 2. The maximum Gasteiger partial charge on any atom is 0.259 e. The monoisotopic (exact) mass is 439 g/mol. The lowest BCUT2D eigenvalue weighted by atomic mass is 10.1. The fourth-order valence-electron chi connectivity index (χ4n) is 3.36. The molecule has 0 aliphatic carbocycles. The Balaban J connectivity index is 1.62. The Labute approximate surface area is 182 Å². The van der Waals surface area contributed by atoms with Gasteiger partial charge in [-0.3, -0.25) is 9.48 Å². The molecule has 4 aromatic rings. The Bertz CT molecular complexity index is 1280. The summed E-state index contributed by atoms with van der Waals surface area (Å²) in [5.74, 6) is -0.483. The molecular formula is C21H19ClFN7O. The lowest BCUT2D eigenvalue weighted by molar-refractivity contribution is 0.102. The summed E-state index contributed by atoms with van der Waals surface area (Å²) < 4.78 is 17.6. The number of carbonyl (C=O) groups excluding carboxylic acids is 1. The third-order valence-electron chi connectivity index (χ3n) is 4.95. The van der Waals surface area contributed by atoms with E-state index in [0.29, 0.717) is 40.0 Å². The van der Waals surface area contributed by atoms with Crippen LogP contribution < -0.4 is 5.32 Å². The number of tetrazole rings is 1. The molecule has 10 heteroatoms. The van der Waals surface area contributed by atoms with Crippen LogP contribution in [0, 0.1) is 26.6 Å². The van der Waals surface area contributed by atoms with Gasteiger partial charge in [0.05, 0.1) is 29.2 Å². The fourth-order valence-corrected chi connectivity index (χ4v) is 3.56. The molecule has 0 atom stereocenters. The van der Waals surface area contributed by atoms with E-state index in [9.17, 15) is 9.18 Å². The van der Waals surface area contributed by atoms with Crippen LogP contribution >= 0.6 is 11.6 Å². The van der Waals surface area contributed by atoms with Gasteiger partial charge in [0.1, 0.15) is 5.82 Å². The summed E-state index contributed by atoms with van der Waals surface area (Å²) in [5, 5.41) is 19.0. The van der Waals surface area contributed by atoms with E-state index in [1.165, 1.54) is 22.9 Å². The van der Waals surface area contributed by atoms with Gasteiger partial charge in [-0.25, -0.2) is 4.39 Å². The Morgan fingerprint density at radius 3 is 2.65 bits per heavy atom. The molecule has 0 saturated heterocycles. The van der Waals surface area contributed by atoms with Crippen molar-refractivity contribution in [1.29, 1.82) is 0 Å². The van der Waals surface area contributed by atoms with Crippen molar-refractivity contribution in [3.05, 3.63) is 81.6 Å². The number of amides is 1. The van der Waals surface area contributed by atoms with Crippen molar-refractivity contribution in [2.45, 2.75) is 27.3 Å². The van der Waals surface area contributed by atoms with E-state index in [-0.39, 0.29) is 5.69 Å². The van der Waals surface area contributed by atoms with Gasteiger partial charge in [-0.15, -0.1) is 5.10 Å². The molecule has 0 unspecified atom stereocenters. The first kappa shape index (κ1) is 20.7. The third kappa shape index (κ3) is 4.04. The second kappa shape index (κ2) is 8.27. The molecule has 0 radical (unpaired) electrons. The highest BCUT2D eigenvalue weighted by atomic mass is 35.5. The van der Waals surface area contributed by atoms with Crippen LogP contribution in [-0.4, -0.2) is 35.9 Å². The highest BCUT2D eigenvalue weighted by Crippen LogP contribution is 2.23. The Morgan fingerprint density at radius 2 is 1.94 bits per heavy atom. The predicted molar refractivity (Wildman–Crippen MR) is 114 cm³/mol. The molecule has 2 heterocycles. The average molecular weight is 440 g/mol. The first-order valence-corrected chi connectivity index (χ1v) is 9.86. The van der Waals surface area contributed by atoms with Gasteiger partial charge in [0.2, 0.25) is 0 Å². The van der Waals surface area contributed by atoms with Gasteiger partial charge in [-0.2, -0.15) is 9.78 Å². The molecule has 158 valence electrons. The number of hydrogen-bond acceptors (Lipinski definition) is 5. The first-order chi connectivity index (χ1) is 14.8. The van der Waals surface area contributed by atoms with Crippen molar-refractivity contribution in [1.82, 2.24) is 30.0 Å². The largest absolute Gasteiger partial charge is 0.319 e. The molecule has 0 spiro atoms. The first-order valence-electron chi connectivity index (χ1n) is 9.49. The number of hydrogen-bond donors (Lipinski definition) is 1. The van der Waals surface area contributed by atoms with Gasteiger partial charge in [0.15, 0.2) is 5.82 Å². The van der Waals surface area contributed by atoms with Crippen LogP contribution in [-0.2, 0) is 6.54 Å². The van der Waals surface area contributed by atoms with Crippen LogP contribution in [0.4, 0.5) is 10.1 Å². The van der Waals surface area contributed by atoms with E-state index in [1.54, 1.807) is 31.5 Å². The minimum Gasteiger partial charge on any atom is -0.319 e. The summed E-state index contributed by atoms with van der Waals surface area (Å²) >= 11 is 6.25. The average Bonchev–Trinajstić information content (AvgIpc) is 3.28. The normalized spacial score (nSPS) is 11.0. The molecule has 31 heavy (non-hydrogen) atoms. The van der Waals surface area contributed by atoms with Crippen molar-refractivity contribution in [2.24, 2.45) is 0 Å². The van der Waals surface area contributed by atoms with E-state index in [2.05, 4.69) is 25.9 Å². The smallest absolute Gasteiger partial charge is 0.259 e. The zero-order valence-electron chi connectivity index (χ0n) is 17.1. The van der Waals surface area contributed by atoms with Crippen LogP contribution in [0.5, 0.6) is 0 Å². The number of rotatable bonds is 5. The number of carbonyl (C=O) groups is 1. The van der Waals surface area contributed by atoms with Gasteiger partial charge in [0.25, 0.3) is 5.91 Å². The molecule has 4 rings (SSSR count). The van der Waals surface area contributed by atoms with Gasteiger partial charge in [-0.05, 0) is 61.0 Å². The van der Waals surface area contributed by atoms with E-state index >= 15 is 0 Å². The highest BCUT2D eigenvalue weighted by molar-refractivity contribution is 6.31. The Morgan fingerprint density at radius 1 is 1.16 bits per heavy atom. The third-order valence-corrected chi connectivity index (χ3v) is 5.32. The summed E-state index contributed by atoms with van der Waals surface area (Å²) in [4.78, 5) is 13.0. The molecule has 1 N–H and O–H groups in total. The van der Waals surface area contributed by atoms with Crippen molar-refractivity contribution in [2.75, 3.05) is 5.32 Å². The van der Waals surface area contributed by atoms with Crippen LogP contribution in [0.2, 0.25) is 5.02 Å². The van der Waals surface area contributed by atoms with Gasteiger partial charge in [0, 0.05) is 10.7 Å². The van der Waals surface area contributed by atoms with E-state index in [1.807, 2.05) is 18.2 Å². The number of anilines is 1. The van der Waals surface area contributed by atoms with E-state index in [4.69, 9.17) is 11.6 Å². The number of halogens is 2. The summed E-state index contributed by atoms with van der Waals surface area (Å²) in [6.45, 7) is 5.68. The van der Waals surface area contributed by atoms with Crippen molar-refractivity contribution < 1.29 is 9.18 Å². The maximum absolute atomic E-state index is 14.4. The number of aromatic nitrogens is 6. The Hall–Kier alpha value is -3.59. The summed E-state index contributed by atoms with van der Waals surface area (Å²) in [6.07, 6.45) is 0. The minimum absolute atomic E-state index is 0.0232. The summed E-state index contributed by atoms with van der Waals surface area (Å²) in [6, 6.07) is 11.7. The zero-order valence-corrected chi connectivity index (χ0v) is 17.9. The molecular weight excluding hydrogens is 421 g/mol. The molecule has 0 bridgehead atoms. The predicted octanol–water partition coefficient (Wildman–Crippen LogP) is 3.88. The van der Waals surface area contributed by atoms with E-state index < -0.39 is 11.7 Å². The van der Waals surface area contributed by atoms with E-state index in [0.717, 1.165) is 5.56 Å². The second-order valence-corrected chi connectivity index (χ2v) is 7.46. The van der Waals surface area contributed by atoms with Crippen molar-refractivity contribution >= 4 is 23.2 Å². The second-order valence-electron chi connectivity index (χ2n) is 7.05. The molecule has 0 aliphatic rings. The van der Waals surface area contributed by atoms with Crippen LogP contribution in [0.1, 0.15) is 33.1 Å². The number of benzene rings is 2. The van der Waals surface area contributed by atoms with Crippen molar-refractivity contribution in [3.8, 4) is 5.69 Å². The number of nitrogens with one attached hydrogen (secondary N) is 1. The molecule has 8 nitrogen and oxygen atoms in total. The Kier molecular flexibility index (Phi) is 5.51. The maximum atomic E-state index is 14.4. The minimum atomic E-state index is -0.568. The number of nitrogens with zero attached hydrogens (tertiary/aromatic N) is 6. The van der Waals surface area contributed by atoms with Crippen molar-refractivity contribution in [3.63, 3.8) is 0 Å². The zero-order chi connectivity index (χ0) is 22.1. The SMILES string of the molecule is Cc1nn(Cc2ccccc2Cl)c(C)c1C(=O)Nc1cc(-n2nnnc2C)ccc1F. The highest BCUT2D eigenvalue weighted by Gasteiger charge is 2.21. The van der Waals surface area contributed by atoms with Gasteiger partial charge in [-0.1, -0.05) is 29.8 Å². The molecule has 2 aromatic heterocycles. The molecule has 0 fully saturated rings. The molecule has 2 aromatic carbocycles. The molecule has 0 aliphatic heterocycles. The van der Waals surface area contributed by atoms with Crippen LogP contribution in [0.25, 0.3) is 5.69 Å². The van der Waals surface area contributed by atoms with Crippen LogP contribution in [0.15, 0.2) is 42.5 Å². The molecule has 0 saturated carbocycles. The standard InChI is InChI=1S/C21H19ClFN7O/c1-12-20(13(2)29(26-12)11-15-6-4-5-7-17(15)22)21(31)24-19-10-16(8-9-18(19)23)30-14(3)25-27-28-30/h4-10H,11H2,1-3H3,(H,24,31). The van der Waals surface area contributed by atoms with Crippen LogP contribution in [0.3, 0.4) is 0 Å². The molecule has 1 amide bonds. The topological polar surface area (TPSA) is 90.5 Å². The van der Waals surface area contributed by atoms with Gasteiger partial charge >= 0.3 is 0 Å². The lowest BCUT2D eigenvalue weighted by Gasteiger charge is -2.10. The fraction of sp³-hybridized carbons (Fsp3) is 0.190. The lowest BCUT2D eigenvalue weighted by Crippen LogP contribution is -2.16. The summed E-state index contributed by atoms with van der Waals surface area (Å²) in [5.41, 5.74) is 3.02. The summed E-state index contributed by atoms with van der Waals surface area (Å²) in [7, 11) is 0.